The van der Waals surface area contributed by atoms with Crippen LogP contribution in [0.4, 0.5) is 5.69 Å². The van der Waals surface area contributed by atoms with Crippen molar-refractivity contribution >= 4 is 11.5 Å². The first-order valence-electron chi connectivity index (χ1n) is 7.35. The number of ketones is 1. The third kappa shape index (κ3) is 4.52. The molecule has 0 bridgehead atoms. The van der Waals surface area contributed by atoms with Crippen LogP contribution in [0.1, 0.15) is 15.9 Å². The number of ether oxygens (including phenoxy) is 2. The zero-order valence-electron chi connectivity index (χ0n) is 12.9. The summed E-state index contributed by atoms with van der Waals surface area (Å²) >= 11 is 0. The van der Waals surface area contributed by atoms with Crippen LogP contribution in [0.5, 0.6) is 0 Å². The minimum Gasteiger partial charge on any atom is -0.384 e. The first-order chi connectivity index (χ1) is 10.2. The number of benzene rings is 1. The summed E-state index contributed by atoms with van der Waals surface area (Å²) in [6.07, 6.45) is 0.994. The molecular formula is C16H24N2O3. The molecule has 0 aromatic heterocycles. The Kier molecular flexibility index (Phi) is 6.17. The summed E-state index contributed by atoms with van der Waals surface area (Å²) in [5.74, 6) is 0.150. The summed E-state index contributed by atoms with van der Waals surface area (Å²) in [5.41, 5.74) is 3.18. The maximum Gasteiger partial charge on any atom is 0.176 e. The Labute approximate surface area is 126 Å². The summed E-state index contributed by atoms with van der Waals surface area (Å²) in [7, 11) is 3.34. The molecule has 0 unspecified atom stereocenters. The number of fused-ring (bicyclic) bond motifs is 1. The molecule has 0 atom stereocenters. The third-order valence-electron chi connectivity index (χ3n) is 3.73. The van der Waals surface area contributed by atoms with Crippen molar-refractivity contribution in [1.29, 1.82) is 0 Å². The Morgan fingerprint density at radius 3 is 2.62 bits per heavy atom. The van der Waals surface area contributed by atoms with Crippen molar-refractivity contribution in [2.24, 2.45) is 0 Å². The van der Waals surface area contributed by atoms with E-state index < -0.39 is 0 Å². The lowest BCUT2D eigenvalue weighted by atomic mass is 10.0. The number of rotatable bonds is 9. The number of nitrogens with one attached hydrogen (secondary N) is 1. The highest BCUT2D eigenvalue weighted by molar-refractivity contribution is 5.98. The van der Waals surface area contributed by atoms with Gasteiger partial charge in [-0.1, -0.05) is 0 Å². The van der Waals surface area contributed by atoms with Crippen LogP contribution in [0.25, 0.3) is 0 Å². The van der Waals surface area contributed by atoms with Crippen LogP contribution in [0.2, 0.25) is 0 Å². The summed E-state index contributed by atoms with van der Waals surface area (Å²) in [4.78, 5) is 14.5. The average Bonchev–Trinajstić information content (AvgIpc) is 2.97. The molecule has 1 aliphatic heterocycles. The number of hydrogen-bond donors (Lipinski definition) is 1. The van der Waals surface area contributed by atoms with Gasteiger partial charge in [0, 0.05) is 45.1 Å². The first kappa shape index (κ1) is 15.9. The molecule has 0 aliphatic carbocycles. The SMILES string of the molecule is COCCN(CCOC)CC(=O)c1ccc2c(c1)CCN2. The van der Waals surface area contributed by atoms with Gasteiger partial charge in [-0.2, -0.15) is 0 Å². The van der Waals surface area contributed by atoms with Gasteiger partial charge in [0.1, 0.15) is 0 Å². The zero-order valence-corrected chi connectivity index (χ0v) is 12.9. The Hall–Kier alpha value is -1.43. The van der Waals surface area contributed by atoms with E-state index in [1.165, 1.54) is 5.56 Å². The fraction of sp³-hybridized carbons (Fsp3) is 0.562. The standard InChI is InChI=1S/C16H24N2O3/c1-20-9-7-18(8-10-21-2)12-16(19)14-3-4-15-13(11-14)5-6-17-15/h3-4,11,17H,5-10,12H2,1-2H3. The molecule has 116 valence electrons. The van der Waals surface area contributed by atoms with Crippen molar-refractivity contribution in [1.82, 2.24) is 4.90 Å². The van der Waals surface area contributed by atoms with Gasteiger partial charge in [0.15, 0.2) is 5.78 Å². The van der Waals surface area contributed by atoms with Crippen LogP contribution in [0.3, 0.4) is 0 Å². The third-order valence-corrected chi connectivity index (χ3v) is 3.73. The van der Waals surface area contributed by atoms with Crippen LogP contribution >= 0.6 is 0 Å². The lowest BCUT2D eigenvalue weighted by Gasteiger charge is -2.20. The highest BCUT2D eigenvalue weighted by atomic mass is 16.5. The summed E-state index contributed by atoms with van der Waals surface area (Å²) in [6.45, 7) is 4.06. The van der Waals surface area contributed by atoms with Gasteiger partial charge in [0.25, 0.3) is 0 Å². The molecule has 5 nitrogen and oxygen atoms in total. The van der Waals surface area contributed by atoms with Gasteiger partial charge in [-0.25, -0.2) is 0 Å². The second-order valence-electron chi connectivity index (χ2n) is 5.23. The highest BCUT2D eigenvalue weighted by Gasteiger charge is 2.16. The van der Waals surface area contributed by atoms with E-state index in [1.807, 2.05) is 18.2 Å². The molecule has 0 radical (unpaired) electrons. The van der Waals surface area contributed by atoms with Gasteiger partial charge in [-0.05, 0) is 30.2 Å². The van der Waals surface area contributed by atoms with Crippen molar-refractivity contribution in [3.05, 3.63) is 29.3 Å². The minimum atomic E-state index is 0.150. The molecule has 0 amide bonds. The molecule has 0 saturated heterocycles. The number of Topliss-reactive ketones (excluding diaryl/α,β-unsaturated/α-hetero) is 1. The Bertz CT molecular complexity index is 469. The molecule has 21 heavy (non-hydrogen) atoms. The summed E-state index contributed by atoms with van der Waals surface area (Å²) in [6, 6.07) is 5.93. The highest BCUT2D eigenvalue weighted by Crippen LogP contribution is 2.23. The normalized spacial score (nSPS) is 13.3. The molecule has 0 saturated carbocycles. The molecule has 5 heteroatoms. The van der Waals surface area contributed by atoms with E-state index in [1.54, 1.807) is 14.2 Å². The second-order valence-corrected chi connectivity index (χ2v) is 5.23. The first-order valence-corrected chi connectivity index (χ1v) is 7.35. The molecule has 1 aromatic carbocycles. The smallest absolute Gasteiger partial charge is 0.176 e. The van der Waals surface area contributed by atoms with E-state index in [0.29, 0.717) is 19.8 Å². The van der Waals surface area contributed by atoms with Crippen molar-refractivity contribution in [2.75, 3.05) is 58.9 Å². The lowest BCUT2D eigenvalue weighted by Crippen LogP contribution is -2.35. The zero-order chi connectivity index (χ0) is 15.1. The van der Waals surface area contributed by atoms with Gasteiger partial charge < -0.3 is 14.8 Å². The van der Waals surface area contributed by atoms with Crippen LogP contribution < -0.4 is 5.32 Å². The molecule has 1 heterocycles. The second kappa shape index (κ2) is 8.12. The van der Waals surface area contributed by atoms with Crippen molar-refractivity contribution in [2.45, 2.75) is 6.42 Å². The van der Waals surface area contributed by atoms with Gasteiger partial charge in [-0.15, -0.1) is 0 Å². The summed E-state index contributed by atoms with van der Waals surface area (Å²) < 4.78 is 10.2. The average molecular weight is 292 g/mol. The van der Waals surface area contributed by atoms with E-state index in [9.17, 15) is 4.79 Å². The van der Waals surface area contributed by atoms with Crippen LogP contribution in [0.15, 0.2) is 18.2 Å². The molecular weight excluding hydrogens is 268 g/mol. The number of hydrogen-bond acceptors (Lipinski definition) is 5. The number of nitrogens with zero attached hydrogens (tertiary/aromatic N) is 1. The van der Waals surface area contributed by atoms with Crippen molar-refractivity contribution in [3.8, 4) is 0 Å². The Balaban J connectivity index is 1.97. The van der Waals surface area contributed by atoms with Gasteiger partial charge in [-0.3, -0.25) is 9.69 Å². The van der Waals surface area contributed by atoms with Gasteiger partial charge >= 0.3 is 0 Å². The number of carbonyl (C=O) groups excluding carboxylic acids is 1. The number of methoxy groups -OCH3 is 2. The van der Waals surface area contributed by atoms with Gasteiger partial charge in [0.2, 0.25) is 0 Å². The largest absolute Gasteiger partial charge is 0.384 e. The molecule has 0 spiro atoms. The maximum atomic E-state index is 12.4. The van der Waals surface area contributed by atoms with Crippen LogP contribution in [0, 0.1) is 0 Å². The van der Waals surface area contributed by atoms with Crippen molar-refractivity contribution < 1.29 is 14.3 Å². The Morgan fingerprint density at radius 2 is 1.95 bits per heavy atom. The Morgan fingerprint density at radius 1 is 1.24 bits per heavy atom. The van der Waals surface area contributed by atoms with E-state index in [2.05, 4.69) is 10.2 Å². The number of carbonyl (C=O) groups is 1. The van der Waals surface area contributed by atoms with E-state index in [-0.39, 0.29) is 5.78 Å². The minimum absolute atomic E-state index is 0.150. The van der Waals surface area contributed by atoms with Crippen LogP contribution in [-0.2, 0) is 15.9 Å². The van der Waals surface area contributed by atoms with Crippen LogP contribution in [-0.4, -0.2) is 64.3 Å². The molecule has 1 aromatic rings. The molecule has 1 N–H and O–H groups in total. The predicted molar refractivity (Wildman–Crippen MR) is 83.2 cm³/mol. The molecule has 1 aliphatic rings. The molecule has 0 fully saturated rings. The fourth-order valence-electron chi connectivity index (χ4n) is 2.48. The summed E-state index contributed by atoms with van der Waals surface area (Å²) in [5, 5.41) is 3.31. The number of anilines is 1. The lowest BCUT2D eigenvalue weighted by molar-refractivity contribution is 0.0837. The maximum absolute atomic E-state index is 12.4. The van der Waals surface area contributed by atoms with E-state index in [0.717, 1.165) is 37.3 Å². The predicted octanol–water partition coefficient (Wildman–Crippen LogP) is 1.43. The topological polar surface area (TPSA) is 50.8 Å². The fourth-order valence-corrected chi connectivity index (χ4v) is 2.48. The van der Waals surface area contributed by atoms with Crippen molar-refractivity contribution in [3.63, 3.8) is 0 Å². The van der Waals surface area contributed by atoms with Gasteiger partial charge in [0.05, 0.1) is 19.8 Å². The quantitative estimate of drug-likeness (QED) is 0.698. The van der Waals surface area contributed by atoms with E-state index >= 15 is 0 Å². The van der Waals surface area contributed by atoms with E-state index in [4.69, 9.17) is 9.47 Å². The molecule has 2 rings (SSSR count). The monoisotopic (exact) mass is 292 g/mol.